The van der Waals surface area contributed by atoms with Crippen LogP contribution in [0.5, 0.6) is 0 Å². The van der Waals surface area contributed by atoms with E-state index in [1.54, 1.807) is 0 Å². The molecule has 0 bridgehead atoms. The van der Waals surface area contributed by atoms with Crippen LogP contribution in [0.3, 0.4) is 0 Å². The standard InChI is InChI=1S/C34H59NO20/c1-11-24(33(51)30(48)19(53-11)4-14(17(41)7-37)25(43)18(42)8-38)35-16-2-12(6-36)13(26(44)28(16)46)3-20-29(47)27(45)15(22(9-39)54-20)5-21-31(49)34(52)32(50)23(10-40)55-21/h2,11,13-24,26-42,44-52H,3-10H2,1H3/t11-,13-,14?,15-,16+,17-,18+,19?,20-,21-,22-,23-,24-,26+,27+,28+,29+,30+,31+,32-,33+,34-/m1/s1. The molecule has 17 N–H and O–H groups in total. The first-order valence-corrected chi connectivity index (χ1v) is 18.5. The lowest BCUT2D eigenvalue weighted by molar-refractivity contribution is -0.253. The smallest absolute Gasteiger partial charge is 0.169 e. The van der Waals surface area contributed by atoms with E-state index in [9.17, 15) is 86.5 Å². The van der Waals surface area contributed by atoms with Crippen LogP contribution in [0.4, 0.5) is 0 Å². The number of Topliss-reactive ketones (excluding diaryl/α,β-unsaturated/α-hetero) is 1. The van der Waals surface area contributed by atoms with Gasteiger partial charge in [0.1, 0.15) is 48.8 Å². The van der Waals surface area contributed by atoms with Crippen molar-refractivity contribution in [3.05, 3.63) is 11.6 Å². The predicted molar refractivity (Wildman–Crippen MR) is 181 cm³/mol. The zero-order valence-corrected chi connectivity index (χ0v) is 30.2. The highest BCUT2D eigenvalue weighted by Gasteiger charge is 2.52. The number of carbonyl (C=O) groups is 1. The van der Waals surface area contributed by atoms with Crippen LogP contribution in [0.2, 0.25) is 0 Å². The molecule has 0 aromatic rings. The predicted octanol–water partition coefficient (Wildman–Crippen LogP) is -8.91. The average Bonchev–Trinajstić information content (AvgIpc) is 3.18. The Morgan fingerprint density at radius 3 is 1.80 bits per heavy atom. The van der Waals surface area contributed by atoms with Crippen LogP contribution in [-0.2, 0) is 19.0 Å². The van der Waals surface area contributed by atoms with Crippen molar-refractivity contribution in [1.29, 1.82) is 0 Å². The van der Waals surface area contributed by atoms with Crippen LogP contribution in [0.1, 0.15) is 26.2 Å². The number of hydrogen-bond donors (Lipinski definition) is 17. The van der Waals surface area contributed by atoms with Crippen molar-refractivity contribution in [1.82, 2.24) is 5.32 Å². The fraction of sp³-hybridized carbons (Fsp3) is 0.912. The Labute approximate surface area is 316 Å². The minimum atomic E-state index is -1.88. The van der Waals surface area contributed by atoms with E-state index in [0.29, 0.717) is 0 Å². The number of aliphatic hydroxyl groups is 16. The SMILES string of the molecule is C[C@H]1OC(CC(C(=O)[C@@H](O)CO)[C@H](O)CO)[C@H](O)[C@@H](O)[C@@H]1N[C@H]1C=C(CO)[C@@H](C[C@H]2O[C@H](CO)[C@@H](C[C@H]3O[C@H](CO)[C@@H](O)[C@H](O)[C@H]3O)[C@H](O)[C@H]2O)[C@H](O)[C@H]1O. The van der Waals surface area contributed by atoms with Crippen molar-refractivity contribution in [2.24, 2.45) is 17.8 Å². The zero-order chi connectivity index (χ0) is 41.0. The molecule has 2 unspecified atom stereocenters. The molecule has 3 aliphatic heterocycles. The van der Waals surface area contributed by atoms with E-state index in [0.717, 1.165) is 0 Å². The molecule has 21 heteroatoms. The van der Waals surface area contributed by atoms with E-state index >= 15 is 0 Å². The maximum atomic E-state index is 12.6. The van der Waals surface area contributed by atoms with Gasteiger partial charge in [-0.05, 0) is 31.8 Å². The van der Waals surface area contributed by atoms with Gasteiger partial charge in [0.2, 0.25) is 0 Å². The minimum Gasteiger partial charge on any atom is -0.394 e. The van der Waals surface area contributed by atoms with Gasteiger partial charge in [0.25, 0.3) is 0 Å². The molecular formula is C34H59NO20. The summed E-state index contributed by atoms with van der Waals surface area (Å²) in [4.78, 5) is 12.6. The molecule has 22 atom stereocenters. The fourth-order valence-electron chi connectivity index (χ4n) is 8.37. The van der Waals surface area contributed by atoms with Crippen LogP contribution in [-0.4, -0.2) is 236 Å². The summed E-state index contributed by atoms with van der Waals surface area (Å²) in [5.41, 5.74) is 0.156. The number of ether oxygens (including phenoxy) is 3. The number of carbonyl (C=O) groups excluding carboxylic acids is 1. The molecule has 0 saturated carbocycles. The Kier molecular flexibility index (Phi) is 16.9. The van der Waals surface area contributed by atoms with Gasteiger partial charge in [-0.2, -0.15) is 0 Å². The van der Waals surface area contributed by atoms with Crippen LogP contribution in [0, 0.1) is 17.8 Å². The second-order valence-corrected chi connectivity index (χ2v) is 15.1. The lowest BCUT2D eigenvalue weighted by Crippen LogP contribution is -2.66. The normalized spacial score (nSPS) is 45.8. The third kappa shape index (κ3) is 9.91. The molecule has 320 valence electrons. The van der Waals surface area contributed by atoms with Gasteiger partial charge in [-0.15, -0.1) is 0 Å². The van der Waals surface area contributed by atoms with E-state index in [4.69, 9.17) is 14.2 Å². The van der Waals surface area contributed by atoms with Gasteiger partial charge in [0.15, 0.2) is 5.78 Å². The molecule has 0 aromatic heterocycles. The number of rotatable bonds is 16. The van der Waals surface area contributed by atoms with Crippen LogP contribution >= 0.6 is 0 Å². The Morgan fingerprint density at radius 2 is 1.22 bits per heavy atom. The summed E-state index contributed by atoms with van der Waals surface area (Å²) in [6.45, 7) is -2.39. The topological polar surface area (TPSA) is 380 Å². The number of ketones is 1. The van der Waals surface area contributed by atoms with E-state index < -0.39 is 179 Å². The summed E-state index contributed by atoms with van der Waals surface area (Å²) >= 11 is 0. The Morgan fingerprint density at radius 1 is 0.655 bits per heavy atom. The second-order valence-electron chi connectivity index (χ2n) is 15.1. The summed E-state index contributed by atoms with van der Waals surface area (Å²) < 4.78 is 17.3. The van der Waals surface area contributed by atoms with Crippen molar-refractivity contribution in [3.8, 4) is 0 Å². The molecule has 0 aromatic carbocycles. The molecule has 3 heterocycles. The molecule has 0 radical (unpaired) electrons. The summed E-state index contributed by atoms with van der Waals surface area (Å²) in [7, 11) is 0. The van der Waals surface area contributed by atoms with Gasteiger partial charge in [-0.25, -0.2) is 0 Å². The molecule has 3 fully saturated rings. The van der Waals surface area contributed by atoms with E-state index in [1.165, 1.54) is 13.0 Å². The highest BCUT2D eigenvalue weighted by atomic mass is 16.6. The Bertz CT molecular complexity index is 1240. The first-order chi connectivity index (χ1) is 25.9. The van der Waals surface area contributed by atoms with Crippen molar-refractivity contribution in [3.63, 3.8) is 0 Å². The average molecular weight is 802 g/mol. The monoisotopic (exact) mass is 801 g/mol. The molecule has 0 amide bonds. The number of aliphatic hydroxyl groups excluding tert-OH is 16. The lowest BCUT2D eigenvalue weighted by Gasteiger charge is -2.48. The van der Waals surface area contributed by atoms with Crippen molar-refractivity contribution in [2.75, 3.05) is 33.0 Å². The molecule has 3 saturated heterocycles. The molecule has 0 spiro atoms. The fourth-order valence-corrected chi connectivity index (χ4v) is 8.37. The van der Waals surface area contributed by atoms with Gasteiger partial charge in [0.05, 0.1) is 106 Å². The highest BCUT2D eigenvalue weighted by Crippen LogP contribution is 2.39. The van der Waals surface area contributed by atoms with E-state index in [1.807, 2.05) is 0 Å². The molecule has 4 rings (SSSR count). The van der Waals surface area contributed by atoms with Gasteiger partial charge in [-0.3, -0.25) is 4.79 Å². The maximum absolute atomic E-state index is 12.6. The number of hydrogen-bond acceptors (Lipinski definition) is 21. The van der Waals surface area contributed by atoms with E-state index in [-0.39, 0.29) is 18.4 Å². The van der Waals surface area contributed by atoms with Crippen LogP contribution in [0.25, 0.3) is 0 Å². The zero-order valence-electron chi connectivity index (χ0n) is 30.2. The molecular weight excluding hydrogens is 742 g/mol. The largest absolute Gasteiger partial charge is 0.394 e. The van der Waals surface area contributed by atoms with Crippen molar-refractivity contribution >= 4 is 5.78 Å². The van der Waals surface area contributed by atoms with Crippen LogP contribution < -0.4 is 5.32 Å². The summed E-state index contributed by atoms with van der Waals surface area (Å²) in [5, 5.41) is 169. The summed E-state index contributed by atoms with van der Waals surface area (Å²) in [6.07, 6.45) is -25.2. The van der Waals surface area contributed by atoms with Gasteiger partial charge in [0, 0.05) is 11.8 Å². The maximum Gasteiger partial charge on any atom is 0.169 e. The molecule has 55 heavy (non-hydrogen) atoms. The Balaban J connectivity index is 1.44. The highest BCUT2D eigenvalue weighted by molar-refractivity contribution is 5.85. The van der Waals surface area contributed by atoms with Gasteiger partial charge in [-0.1, -0.05) is 6.08 Å². The third-order valence-electron chi connectivity index (χ3n) is 11.7. The minimum absolute atomic E-state index is 0.156. The molecule has 1 aliphatic carbocycles. The van der Waals surface area contributed by atoms with Crippen molar-refractivity contribution in [2.45, 2.75) is 142 Å². The Hall–Kier alpha value is -1.39. The molecule has 4 aliphatic rings. The van der Waals surface area contributed by atoms with Crippen molar-refractivity contribution < 1.29 is 101 Å². The quantitative estimate of drug-likeness (QED) is 0.0644. The first kappa shape index (κ1) is 46.3. The molecule has 21 nitrogen and oxygen atoms in total. The van der Waals surface area contributed by atoms with Gasteiger partial charge >= 0.3 is 0 Å². The lowest BCUT2D eigenvalue weighted by atomic mass is 9.74. The summed E-state index contributed by atoms with van der Waals surface area (Å²) in [5.74, 6) is -4.65. The first-order valence-electron chi connectivity index (χ1n) is 18.5. The third-order valence-corrected chi connectivity index (χ3v) is 11.7. The number of nitrogens with one attached hydrogen (secondary N) is 1. The van der Waals surface area contributed by atoms with Gasteiger partial charge < -0.3 is 101 Å². The second kappa shape index (κ2) is 20.0. The van der Waals surface area contributed by atoms with Crippen LogP contribution in [0.15, 0.2) is 11.6 Å². The summed E-state index contributed by atoms with van der Waals surface area (Å²) in [6, 6.07) is -2.29. The van der Waals surface area contributed by atoms with E-state index in [2.05, 4.69) is 5.32 Å².